The van der Waals surface area contributed by atoms with E-state index < -0.39 is 6.04 Å². The molecule has 2 atom stereocenters. The van der Waals surface area contributed by atoms with Gasteiger partial charge in [-0.1, -0.05) is 0 Å². The van der Waals surface area contributed by atoms with E-state index in [-0.39, 0.29) is 18.6 Å². The Bertz CT molecular complexity index is 379. The summed E-state index contributed by atoms with van der Waals surface area (Å²) in [4.78, 5) is 13.9. The lowest BCUT2D eigenvalue weighted by Gasteiger charge is -2.34. The summed E-state index contributed by atoms with van der Waals surface area (Å²) in [6.45, 7) is 1.72. The summed E-state index contributed by atoms with van der Waals surface area (Å²) in [5.74, 6) is -0.0336. The summed E-state index contributed by atoms with van der Waals surface area (Å²) in [7, 11) is 1.55. The summed E-state index contributed by atoms with van der Waals surface area (Å²) in [5.41, 5.74) is 5.78. The first-order chi connectivity index (χ1) is 8.72. The summed E-state index contributed by atoms with van der Waals surface area (Å²) >= 11 is 0. The summed E-state index contributed by atoms with van der Waals surface area (Å²) in [6, 6.07) is 1.59. The Morgan fingerprint density at radius 1 is 1.67 bits per heavy atom. The van der Waals surface area contributed by atoms with Crippen LogP contribution in [0.5, 0.6) is 0 Å². The van der Waals surface area contributed by atoms with Gasteiger partial charge in [0.15, 0.2) is 0 Å². The fourth-order valence-corrected chi connectivity index (χ4v) is 2.35. The molecule has 2 unspecified atom stereocenters. The smallest absolute Gasteiger partial charge is 0.241 e. The standard InChI is InChI=1S/C12H20N4O2/c1-18-9-11(13)12(17)15-6-2-4-10(8-15)16-7-3-5-14-16/h3,5,7,10-11H,2,4,6,8-9,13H2,1H3. The maximum atomic E-state index is 12.1. The van der Waals surface area contributed by atoms with Crippen molar-refractivity contribution in [3.8, 4) is 0 Å². The van der Waals surface area contributed by atoms with Gasteiger partial charge in [0, 0.05) is 32.6 Å². The monoisotopic (exact) mass is 252 g/mol. The lowest BCUT2D eigenvalue weighted by Crippen LogP contribution is -2.50. The van der Waals surface area contributed by atoms with E-state index in [0.717, 1.165) is 19.4 Å². The molecule has 0 saturated carbocycles. The van der Waals surface area contributed by atoms with E-state index in [1.54, 1.807) is 13.3 Å². The van der Waals surface area contributed by atoms with Crippen LogP contribution in [0.15, 0.2) is 18.5 Å². The van der Waals surface area contributed by atoms with Gasteiger partial charge in [-0.25, -0.2) is 0 Å². The van der Waals surface area contributed by atoms with Crippen LogP contribution in [-0.4, -0.2) is 53.4 Å². The van der Waals surface area contributed by atoms with Crippen molar-refractivity contribution in [3.05, 3.63) is 18.5 Å². The number of methoxy groups -OCH3 is 1. The molecule has 100 valence electrons. The van der Waals surface area contributed by atoms with E-state index in [1.165, 1.54) is 0 Å². The SMILES string of the molecule is COCC(N)C(=O)N1CCCC(n2cccn2)C1. The molecule has 2 rings (SSSR count). The minimum Gasteiger partial charge on any atom is -0.383 e. The molecule has 1 aliphatic rings. The van der Waals surface area contributed by atoms with Crippen LogP contribution in [0.4, 0.5) is 0 Å². The quantitative estimate of drug-likeness (QED) is 0.820. The van der Waals surface area contributed by atoms with Gasteiger partial charge >= 0.3 is 0 Å². The molecule has 18 heavy (non-hydrogen) atoms. The zero-order chi connectivity index (χ0) is 13.0. The number of rotatable bonds is 4. The molecule has 1 aromatic rings. The molecule has 2 heterocycles. The normalized spacial score (nSPS) is 21.9. The van der Waals surface area contributed by atoms with Crippen LogP contribution in [0.3, 0.4) is 0 Å². The minimum atomic E-state index is -0.564. The first-order valence-electron chi connectivity index (χ1n) is 6.25. The van der Waals surface area contributed by atoms with Crippen molar-refractivity contribution in [1.82, 2.24) is 14.7 Å². The summed E-state index contributed by atoms with van der Waals surface area (Å²) in [6.07, 6.45) is 5.73. The molecular weight excluding hydrogens is 232 g/mol. The largest absolute Gasteiger partial charge is 0.383 e. The Balaban J connectivity index is 1.96. The number of ether oxygens (including phenoxy) is 1. The van der Waals surface area contributed by atoms with Gasteiger partial charge in [-0.15, -0.1) is 0 Å². The Kier molecular flexibility index (Phi) is 4.33. The maximum Gasteiger partial charge on any atom is 0.241 e. The highest BCUT2D eigenvalue weighted by molar-refractivity contribution is 5.81. The van der Waals surface area contributed by atoms with Crippen molar-refractivity contribution in [1.29, 1.82) is 0 Å². The number of carbonyl (C=O) groups is 1. The highest BCUT2D eigenvalue weighted by Crippen LogP contribution is 2.20. The van der Waals surface area contributed by atoms with Gasteiger partial charge in [0.25, 0.3) is 0 Å². The van der Waals surface area contributed by atoms with Crippen LogP contribution in [0, 0.1) is 0 Å². The van der Waals surface area contributed by atoms with E-state index in [2.05, 4.69) is 5.10 Å². The molecular formula is C12H20N4O2. The average molecular weight is 252 g/mol. The van der Waals surface area contributed by atoms with Gasteiger partial charge in [-0.3, -0.25) is 9.48 Å². The number of piperidine rings is 1. The number of nitrogens with two attached hydrogens (primary N) is 1. The zero-order valence-electron chi connectivity index (χ0n) is 10.7. The molecule has 1 saturated heterocycles. The molecule has 0 aromatic carbocycles. The number of hydrogen-bond donors (Lipinski definition) is 1. The summed E-state index contributed by atoms with van der Waals surface area (Å²) in [5, 5.41) is 4.24. The van der Waals surface area contributed by atoms with Crippen molar-refractivity contribution in [2.24, 2.45) is 5.73 Å². The molecule has 6 heteroatoms. The number of aromatic nitrogens is 2. The van der Waals surface area contributed by atoms with Gasteiger partial charge < -0.3 is 15.4 Å². The van der Waals surface area contributed by atoms with Gasteiger partial charge in [0.2, 0.25) is 5.91 Å². The lowest BCUT2D eigenvalue weighted by molar-refractivity contribution is -0.135. The van der Waals surface area contributed by atoms with Crippen LogP contribution in [0.1, 0.15) is 18.9 Å². The van der Waals surface area contributed by atoms with Gasteiger partial charge in [0.05, 0.1) is 12.6 Å². The second-order valence-corrected chi connectivity index (χ2v) is 4.63. The average Bonchev–Trinajstić information content (AvgIpc) is 2.92. The maximum absolute atomic E-state index is 12.1. The third-order valence-electron chi connectivity index (χ3n) is 3.27. The van der Waals surface area contributed by atoms with Gasteiger partial charge in [-0.05, 0) is 18.9 Å². The second-order valence-electron chi connectivity index (χ2n) is 4.63. The highest BCUT2D eigenvalue weighted by atomic mass is 16.5. The Morgan fingerprint density at radius 2 is 2.50 bits per heavy atom. The third-order valence-corrected chi connectivity index (χ3v) is 3.27. The first-order valence-corrected chi connectivity index (χ1v) is 6.25. The number of nitrogens with zero attached hydrogens (tertiary/aromatic N) is 3. The van der Waals surface area contributed by atoms with E-state index in [4.69, 9.17) is 10.5 Å². The Hall–Kier alpha value is -1.40. The molecule has 0 spiro atoms. The van der Waals surface area contributed by atoms with Gasteiger partial charge in [0.1, 0.15) is 6.04 Å². The molecule has 2 N–H and O–H groups in total. The molecule has 0 aliphatic carbocycles. The lowest BCUT2D eigenvalue weighted by atomic mass is 10.1. The van der Waals surface area contributed by atoms with E-state index >= 15 is 0 Å². The van der Waals surface area contributed by atoms with Crippen molar-refractivity contribution in [3.63, 3.8) is 0 Å². The molecule has 1 aliphatic heterocycles. The van der Waals surface area contributed by atoms with Crippen molar-refractivity contribution in [2.75, 3.05) is 26.8 Å². The Morgan fingerprint density at radius 3 is 3.17 bits per heavy atom. The molecule has 6 nitrogen and oxygen atoms in total. The third kappa shape index (κ3) is 2.88. The van der Waals surface area contributed by atoms with Crippen LogP contribution in [0.2, 0.25) is 0 Å². The van der Waals surface area contributed by atoms with E-state index in [9.17, 15) is 4.79 Å². The van der Waals surface area contributed by atoms with Crippen LogP contribution >= 0.6 is 0 Å². The molecule has 0 bridgehead atoms. The molecule has 1 fully saturated rings. The first kappa shape index (κ1) is 13.0. The predicted molar refractivity (Wildman–Crippen MR) is 66.9 cm³/mol. The highest BCUT2D eigenvalue weighted by Gasteiger charge is 2.27. The fraction of sp³-hybridized carbons (Fsp3) is 0.667. The minimum absolute atomic E-state index is 0.0336. The number of likely N-dealkylation sites (tertiary alicyclic amines) is 1. The topological polar surface area (TPSA) is 73.4 Å². The van der Waals surface area contributed by atoms with Crippen LogP contribution < -0.4 is 5.73 Å². The fourth-order valence-electron chi connectivity index (χ4n) is 2.35. The molecule has 1 amide bonds. The zero-order valence-corrected chi connectivity index (χ0v) is 10.7. The Labute approximate surface area is 107 Å². The number of carbonyl (C=O) groups excluding carboxylic acids is 1. The summed E-state index contributed by atoms with van der Waals surface area (Å²) < 4.78 is 6.84. The second kappa shape index (κ2) is 5.97. The molecule has 1 aromatic heterocycles. The molecule has 0 radical (unpaired) electrons. The van der Waals surface area contributed by atoms with E-state index in [1.807, 2.05) is 21.8 Å². The van der Waals surface area contributed by atoms with Crippen molar-refractivity contribution < 1.29 is 9.53 Å². The van der Waals surface area contributed by atoms with Crippen LogP contribution in [-0.2, 0) is 9.53 Å². The predicted octanol–water partition coefficient (Wildman–Crippen LogP) is 0.0203. The van der Waals surface area contributed by atoms with Gasteiger partial charge in [-0.2, -0.15) is 5.10 Å². The number of hydrogen-bond acceptors (Lipinski definition) is 4. The number of amides is 1. The van der Waals surface area contributed by atoms with E-state index in [0.29, 0.717) is 6.54 Å². The van der Waals surface area contributed by atoms with Crippen molar-refractivity contribution in [2.45, 2.75) is 24.9 Å². The van der Waals surface area contributed by atoms with Crippen LogP contribution in [0.25, 0.3) is 0 Å². The van der Waals surface area contributed by atoms with Crippen molar-refractivity contribution >= 4 is 5.91 Å².